The molecule has 2 heterocycles. The van der Waals surface area contributed by atoms with Crippen LogP contribution in [0.2, 0.25) is 0 Å². The Morgan fingerprint density at radius 2 is 1.74 bits per heavy atom. The summed E-state index contributed by atoms with van der Waals surface area (Å²) in [5.74, 6) is 2.88. The van der Waals surface area contributed by atoms with Crippen molar-refractivity contribution in [3.8, 4) is 0 Å². The van der Waals surface area contributed by atoms with E-state index < -0.39 is 5.79 Å². The summed E-state index contributed by atoms with van der Waals surface area (Å²) in [5, 5.41) is 11.9. The van der Waals surface area contributed by atoms with Crippen LogP contribution in [0.1, 0.15) is 92.4 Å². The van der Waals surface area contributed by atoms with Gasteiger partial charge in [-0.25, -0.2) is 0 Å². The fourth-order valence-electron chi connectivity index (χ4n) is 10.6. The van der Waals surface area contributed by atoms with Crippen LogP contribution in [0.3, 0.4) is 0 Å². The van der Waals surface area contributed by atoms with Gasteiger partial charge >= 0.3 is 5.97 Å². The van der Waals surface area contributed by atoms with E-state index in [0.717, 1.165) is 38.7 Å². The molecule has 5 heteroatoms. The Hall–Kier alpha value is -0.650. The molecule has 0 unspecified atom stereocenters. The smallest absolute Gasteiger partial charge is 0.302 e. The highest BCUT2D eigenvalue weighted by atomic mass is 16.7. The van der Waals surface area contributed by atoms with Gasteiger partial charge in [0, 0.05) is 25.2 Å². The average Bonchev–Trinajstić information content (AvgIpc) is 3.19. The van der Waals surface area contributed by atoms with Gasteiger partial charge in [0.2, 0.25) is 0 Å². The minimum absolute atomic E-state index is 0.0811. The highest BCUT2D eigenvalue weighted by molar-refractivity contribution is 5.66. The zero-order chi connectivity index (χ0) is 24.0. The molecule has 0 radical (unpaired) electrons. The Balaban J connectivity index is 1.24. The summed E-state index contributed by atoms with van der Waals surface area (Å²) < 4.78 is 18.8. The van der Waals surface area contributed by atoms with E-state index in [-0.39, 0.29) is 29.7 Å². The Morgan fingerprint density at radius 3 is 2.44 bits per heavy atom. The van der Waals surface area contributed by atoms with E-state index in [4.69, 9.17) is 14.2 Å². The zero-order valence-corrected chi connectivity index (χ0v) is 21.9. The molecule has 4 aliphatic carbocycles. The number of aliphatic hydroxyl groups excluding tert-OH is 1. The molecule has 0 amide bonds. The Kier molecular flexibility index (Phi) is 5.53. The molecule has 34 heavy (non-hydrogen) atoms. The molecule has 4 saturated carbocycles. The maximum atomic E-state index is 11.9. The Morgan fingerprint density at radius 1 is 0.971 bits per heavy atom. The first-order chi connectivity index (χ1) is 16.1. The van der Waals surface area contributed by atoms with Crippen LogP contribution in [0.25, 0.3) is 0 Å². The van der Waals surface area contributed by atoms with Crippen molar-refractivity contribution in [1.29, 1.82) is 0 Å². The van der Waals surface area contributed by atoms with Gasteiger partial charge in [0.1, 0.15) is 6.10 Å². The fraction of sp³-hybridized carbons (Fsp3) is 0.966. The second-order valence-electron chi connectivity index (χ2n) is 13.8. The number of rotatable bonds is 1. The van der Waals surface area contributed by atoms with Crippen molar-refractivity contribution in [3.63, 3.8) is 0 Å². The third-order valence-electron chi connectivity index (χ3n) is 12.2. The maximum Gasteiger partial charge on any atom is 0.302 e. The van der Waals surface area contributed by atoms with E-state index in [1.54, 1.807) is 0 Å². The number of carbonyl (C=O) groups is 1. The van der Waals surface area contributed by atoms with Crippen LogP contribution in [-0.2, 0) is 19.0 Å². The number of hydrogen-bond donors (Lipinski definition) is 1. The van der Waals surface area contributed by atoms with Crippen molar-refractivity contribution in [3.05, 3.63) is 0 Å². The standard InChI is InChI=1S/C29H46O5/c1-16-8-13-29(32-15-16)17(2)23-26(34-29)25(31)24-21-7-6-19-14-20(33-18(3)30)9-11-27(19,4)22(21)10-12-28(23,24)5/h16-17,19-26,31H,6-15H2,1-5H3/t16-,17+,19+,20+,21-,22+,23+,24-,25+,26-,27+,28-,29-/m1/s1. The molecule has 2 aliphatic heterocycles. The lowest BCUT2D eigenvalue weighted by molar-refractivity contribution is -0.282. The van der Waals surface area contributed by atoms with Gasteiger partial charge in [-0.2, -0.15) is 0 Å². The summed E-state index contributed by atoms with van der Waals surface area (Å²) in [6, 6.07) is 0. The van der Waals surface area contributed by atoms with Crippen LogP contribution in [0.15, 0.2) is 0 Å². The zero-order valence-electron chi connectivity index (χ0n) is 21.9. The Bertz CT molecular complexity index is 819. The molecule has 0 aromatic rings. The van der Waals surface area contributed by atoms with E-state index in [1.807, 2.05) is 0 Å². The third kappa shape index (κ3) is 3.18. The summed E-state index contributed by atoms with van der Waals surface area (Å²) in [6.07, 6.45) is 9.75. The Labute approximate surface area is 205 Å². The fourth-order valence-corrected chi connectivity index (χ4v) is 10.6. The molecule has 0 aromatic heterocycles. The minimum atomic E-state index is -0.480. The maximum absolute atomic E-state index is 11.9. The first-order valence-electron chi connectivity index (χ1n) is 14.3. The molecule has 6 rings (SSSR count). The summed E-state index contributed by atoms with van der Waals surface area (Å²) in [6.45, 7) is 11.9. The molecule has 1 N–H and O–H groups in total. The summed E-state index contributed by atoms with van der Waals surface area (Å²) in [5.41, 5.74) is 0.424. The normalized spacial score (nSPS) is 58.5. The quantitative estimate of drug-likeness (QED) is 0.520. The van der Waals surface area contributed by atoms with Crippen molar-refractivity contribution in [2.75, 3.05) is 6.61 Å². The van der Waals surface area contributed by atoms with Crippen molar-refractivity contribution in [2.45, 2.75) is 117 Å². The van der Waals surface area contributed by atoms with Gasteiger partial charge in [-0.15, -0.1) is 0 Å². The highest BCUT2D eigenvalue weighted by Crippen LogP contribution is 2.71. The van der Waals surface area contributed by atoms with E-state index in [1.165, 1.54) is 32.6 Å². The molecule has 5 nitrogen and oxygen atoms in total. The molecule has 2 saturated heterocycles. The predicted octanol–water partition coefficient (Wildman–Crippen LogP) is 5.34. The van der Waals surface area contributed by atoms with Gasteiger partial charge in [-0.3, -0.25) is 4.79 Å². The lowest BCUT2D eigenvalue weighted by Crippen LogP contribution is -2.56. The second-order valence-corrected chi connectivity index (χ2v) is 13.8. The minimum Gasteiger partial charge on any atom is -0.463 e. The van der Waals surface area contributed by atoms with Gasteiger partial charge in [0.25, 0.3) is 0 Å². The molecule has 1 spiro atoms. The topological polar surface area (TPSA) is 65.0 Å². The van der Waals surface area contributed by atoms with Gasteiger partial charge in [-0.05, 0) is 91.8 Å². The monoisotopic (exact) mass is 474 g/mol. The number of fused-ring (bicyclic) bond motifs is 7. The second kappa shape index (κ2) is 7.92. The number of esters is 1. The first-order valence-corrected chi connectivity index (χ1v) is 14.3. The number of aliphatic hydroxyl groups is 1. The van der Waals surface area contributed by atoms with Crippen LogP contribution in [0, 0.1) is 52.3 Å². The lowest BCUT2D eigenvalue weighted by Gasteiger charge is -2.61. The average molecular weight is 475 g/mol. The molecule has 13 atom stereocenters. The van der Waals surface area contributed by atoms with Crippen molar-refractivity contribution in [1.82, 2.24) is 0 Å². The van der Waals surface area contributed by atoms with Crippen LogP contribution < -0.4 is 0 Å². The molecule has 6 fully saturated rings. The van der Waals surface area contributed by atoms with E-state index >= 15 is 0 Å². The van der Waals surface area contributed by atoms with Gasteiger partial charge in [0.15, 0.2) is 5.79 Å². The van der Waals surface area contributed by atoms with Gasteiger partial charge < -0.3 is 19.3 Å². The van der Waals surface area contributed by atoms with Crippen LogP contribution in [0.5, 0.6) is 0 Å². The van der Waals surface area contributed by atoms with Crippen molar-refractivity contribution < 1.29 is 24.1 Å². The third-order valence-corrected chi connectivity index (χ3v) is 12.2. The van der Waals surface area contributed by atoms with Crippen LogP contribution >= 0.6 is 0 Å². The number of hydrogen-bond acceptors (Lipinski definition) is 5. The van der Waals surface area contributed by atoms with E-state index in [9.17, 15) is 9.90 Å². The van der Waals surface area contributed by atoms with Crippen molar-refractivity contribution >= 4 is 5.97 Å². The SMILES string of the molecule is CC(=O)O[C@H]1CC[C@@]2(C)[C@@H](CC[C@H]3[C@@H]4[C@H](O)[C@@H]5O[C@]6(CC[C@@H](C)CO6)[C@@H](C)[C@@H]5[C@@]4(C)CC[C@@H]32)C1. The highest BCUT2D eigenvalue weighted by Gasteiger charge is 2.72. The number of ether oxygens (including phenoxy) is 3. The molecular weight excluding hydrogens is 428 g/mol. The molecule has 6 aliphatic rings. The van der Waals surface area contributed by atoms with Crippen LogP contribution in [-0.4, -0.2) is 41.8 Å². The summed E-state index contributed by atoms with van der Waals surface area (Å²) in [4.78, 5) is 11.6. The van der Waals surface area contributed by atoms with E-state index in [2.05, 4.69) is 27.7 Å². The summed E-state index contributed by atoms with van der Waals surface area (Å²) >= 11 is 0. The number of carbonyl (C=O) groups excluding carboxylic acids is 1. The van der Waals surface area contributed by atoms with Crippen LogP contribution in [0.4, 0.5) is 0 Å². The van der Waals surface area contributed by atoms with Gasteiger partial charge in [-0.1, -0.05) is 27.7 Å². The predicted molar refractivity (Wildman–Crippen MR) is 129 cm³/mol. The van der Waals surface area contributed by atoms with Crippen molar-refractivity contribution in [2.24, 2.45) is 52.3 Å². The molecule has 0 bridgehead atoms. The summed E-state index contributed by atoms with van der Waals surface area (Å²) in [7, 11) is 0. The largest absolute Gasteiger partial charge is 0.463 e. The first kappa shape index (κ1) is 23.7. The molecule has 192 valence electrons. The van der Waals surface area contributed by atoms with Gasteiger partial charge in [0.05, 0.1) is 18.8 Å². The molecular formula is C29H46O5. The van der Waals surface area contributed by atoms with E-state index in [0.29, 0.717) is 46.8 Å². The molecule has 0 aromatic carbocycles. The lowest BCUT2D eigenvalue weighted by atomic mass is 9.44.